The molecule has 1 saturated heterocycles. The third-order valence-electron chi connectivity index (χ3n) is 4.24. The van der Waals surface area contributed by atoms with Gasteiger partial charge in [0.2, 0.25) is 23.4 Å². The van der Waals surface area contributed by atoms with Crippen LogP contribution in [0.25, 0.3) is 12.2 Å². The minimum Gasteiger partial charge on any atom is -0.420 e. The molecule has 1 amide bonds. The molecule has 1 aliphatic heterocycles. The summed E-state index contributed by atoms with van der Waals surface area (Å²) in [7, 11) is 0. The Balaban J connectivity index is 1.72. The number of nitriles is 1. The second kappa shape index (κ2) is 7.83. The molecule has 0 radical (unpaired) electrons. The van der Waals surface area contributed by atoms with Crippen molar-refractivity contribution in [2.75, 3.05) is 31.1 Å². The highest BCUT2D eigenvalue weighted by atomic mass is 19.1. The van der Waals surface area contributed by atoms with Gasteiger partial charge in [-0.05, 0) is 23.8 Å². The van der Waals surface area contributed by atoms with Crippen LogP contribution in [0.2, 0.25) is 0 Å². The van der Waals surface area contributed by atoms with Crippen LogP contribution in [0, 0.1) is 17.1 Å². The van der Waals surface area contributed by atoms with Gasteiger partial charge in [-0.1, -0.05) is 19.1 Å². The smallest absolute Gasteiger partial charge is 0.235 e. The number of carbonyl (C=O) groups is 1. The summed E-state index contributed by atoms with van der Waals surface area (Å²) in [5.74, 6) is 0.571. The van der Waals surface area contributed by atoms with E-state index in [1.54, 1.807) is 24.3 Å². The number of rotatable bonds is 4. The summed E-state index contributed by atoms with van der Waals surface area (Å²) in [4.78, 5) is 19.7. The van der Waals surface area contributed by atoms with E-state index in [1.165, 1.54) is 12.1 Å². The van der Waals surface area contributed by atoms with Crippen molar-refractivity contribution in [1.82, 2.24) is 9.88 Å². The fraction of sp³-hybridized carbons (Fsp3) is 0.316. The maximum atomic E-state index is 12.9. The van der Waals surface area contributed by atoms with Crippen molar-refractivity contribution in [3.8, 4) is 6.07 Å². The first-order valence-corrected chi connectivity index (χ1v) is 8.48. The van der Waals surface area contributed by atoms with E-state index in [1.807, 2.05) is 16.7 Å². The van der Waals surface area contributed by atoms with Gasteiger partial charge in [-0.15, -0.1) is 0 Å². The van der Waals surface area contributed by atoms with Crippen LogP contribution in [-0.2, 0) is 4.79 Å². The summed E-state index contributed by atoms with van der Waals surface area (Å²) in [5.41, 5.74) is 1.02. The molecule has 0 bridgehead atoms. The van der Waals surface area contributed by atoms with E-state index in [9.17, 15) is 14.4 Å². The average Bonchev–Trinajstić information content (AvgIpc) is 3.10. The van der Waals surface area contributed by atoms with Gasteiger partial charge in [0, 0.05) is 38.7 Å². The number of hydrogen-bond acceptors (Lipinski definition) is 5. The molecule has 6 nitrogen and oxygen atoms in total. The van der Waals surface area contributed by atoms with Gasteiger partial charge in [-0.2, -0.15) is 10.2 Å². The van der Waals surface area contributed by atoms with Crippen molar-refractivity contribution in [3.05, 3.63) is 47.2 Å². The Bertz CT molecular complexity index is 843. The van der Waals surface area contributed by atoms with Crippen molar-refractivity contribution < 1.29 is 13.6 Å². The first-order chi connectivity index (χ1) is 12.6. The van der Waals surface area contributed by atoms with Gasteiger partial charge in [0.25, 0.3) is 0 Å². The van der Waals surface area contributed by atoms with Crippen molar-refractivity contribution in [2.45, 2.75) is 13.3 Å². The van der Waals surface area contributed by atoms with E-state index in [2.05, 4.69) is 11.1 Å². The number of nitrogens with zero attached hydrogens (tertiary/aromatic N) is 4. The number of carbonyl (C=O) groups excluding carboxylic acids is 1. The summed E-state index contributed by atoms with van der Waals surface area (Å²) >= 11 is 0. The Labute approximate surface area is 151 Å². The fourth-order valence-corrected chi connectivity index (χ4v) is 2.81. The summed E-state index contributed by atoms with van der Waals surface area (Å²) in [6.45, 7) is 4.23. The number of amides is 1. The lowest BCUT2D eigenvalue weighted by molar-refractivity contribution is -0.131. The molecule has 0 unspecified atom stereocenters. The molecule has 0 spiro atoms. The van der Waals surface area contributed by atoms with Crippen LogP contribution in [0.3, 0.4) is 0 Å². The lowest BCUT2D eigenvalue weighted by Crippen LogP contribution is -2.48. The summed E-state index contributed by atoms with van der Waals surface area (Å²) in [6, 6.07) is 8.09. The van der Waals surface area contributed by atoms with Crippen LogP contribution in [0.1, 0.15) is 30.5 Å². The Morgan fingerprint density at radius 2 is 1.96 bits per heavy atom. The Kier molecular flexibility index (Phi) is 5.32. The van der Waals surface area contributed by atoms with Gasteiger partial charge in [-0.3, -0.25) is 4.79 Å². The molecule has 3 rings (SSSR count). The lowest BCUT2D eigenvalue weighted by Gasteiger charge is -2.34. The highest BCUT2D eigenvalue weighted by Crippen LogP contribution is 2.24. The summed E-state index contributed by atoms with van der Waals surface area (Å²) < 4.78 is 18.7. The van der Waals surface area contributed by atoms with Gasteiger partial charge in [-0.25, -0.2) is 4.39 Å². The van der Waals surface area contributed by atoms with Crippen molar-refractivity contribution in [1.29, 1.82) is 5.26 Å². The third kappa shape index (κ3) is 3.91. The van der Waals surface area contributed by atoms with Crippen LogP contribution in [0.4, 0.5) is 10.3 Å². The zero-order valence-electron chi connectivity index (χ0n) is 14.5. The Morgan fingerprint density at radius 3 is 2.58 bits per heavy atom. The molecule has 0 saturated carbocycles. The van der Waals surface area contributed by atoms with E-state index in [-0.39, 0.29) is 17.4 Å². The molecule has 134 valence electrons. The van der Waals surface area contributed by atoms with E-state index in [0.29, 0.717) is 44.4 Å². The molecule has 2 aromatic rings. The van der Waals surface area contributed by atoms with Crippen LogP contribution >= 0.6 is 0 Å². The number of anilines is 1. The molecular weight excluding hydrogens is 335 g/mol. The van der Waals surface area contributed by atoms with E-state index in [4.69, 9.17) is 4.42 Å². The average molecular weight is 354 g/mol. The van der Waals surface area contributed by atoms with Gasteiger partial charge < -0.3 is 14.2 Å². The molecule has 0 aliphatic carbocycles. The first kappa shape index (κ1) is 17.7. The minimum atomic E-state index is -0.298. The Morgan fingerprint density at radius 1 is 1.27 bits per heavy atom. The highest BCUT2D eigenvalue weighted by molar-refractivity contribution is 5.76. The molecule has 1 aromatic carbocycles. The van der Waals surface area contributed by atoms with Crippen LogP contribution in [-0.4, -0.2) is 42.0 Å². The summed E-state index contributed by atoms with van der Waals surface area (Å²) in [5, 5.41) is 9.33. The second-order valence-corrected chi connectivity index (χ2v) is 5.92. The number of halogens is 1. The fourth-order valence-electron chi connectivity index (χ4n) is 2.81. The quantitative estimate of drug-likeness (QED) is 0.844. The number of benzene rings is 1. The standard InChI is InChI=1S/C19H19FN4O2/c1-2-18(25)23-9-11-24(12-10-23)19-16(13-21)22-17(26-19)8-5-14-3-6-15(20)7-4-14/h3-8H,2,9-12H2,1H3/b8-5+. The molecular formula is C19H19FN4O2. The molecule has 7 heteroatoms. The third-order valence-corrected chi connectivity index (χ3v) is 4.24. The maximum Gasteiger partial charge on any atom is 0.235 e. The van der Waals surface area contributed by atoms with Crippen molar-refractivity contribution >= 4 is 23.9 Å². The normalized spacial score (nSPS) is 14.7. The van der Waals surface area contributed by atoms with E-state index in [0.717, 1.165) is 5.56 Å². The maximum absolute atomic E-state index is 12.9. The predicted molar refractivity (Wildman–Crippen MR) is 95.6 cm³/mol. The molecule has 0 N–H and O–H groups in total. The molecule has 26 heavy (non-hydrogen) atoms. The van der Waals surface area contributed by atoms with E-state index < -0.39 is 0 Å². The molecule has 0 atom stereocenters. The predicted octanol–water partition coefficient (Wildman–Crippen LogP) is 2.91. The molecule has 1 aliphatic rings. The number of aromatic nitrogens is 1. The van der Waals surface area contributed by atoms with Gasteiger partial charge in [0.05, 0.1) is 0 Å². The zero-order chi connectivity index (χ0) is 18.5. The van der Waals surface area contributed by atoms with Crippen LogP contribution in [0.15, 0.2) is 28.7 Å². The second-order valence-electron chi connectivity index (χ2n) is 5.92. The summed E-state index contributed by atoms with van der Waals surface area (Å²) in [6.07, 6.45) is 3.88. The van der Waals surface area contributed by atoms with Gasteiger partial charge in [0.15, 0.2) is 0 Å². The minimum absolute atomic E-state index is 0.130. The first-order valence-electron chi connectivity index (χ1n) is 8.48. The SMILES string of the molecule is CCC(=O)N1CCN(c2oc(/C=C/c3ccc(F)cc3)nc2C#N)CC1. The van der Waals surface area contributed by atoms with Crippen molar-refractivity contribution in [2.24, 2.45) is 0 Å². The molecule has 1 fully saturated rings. The number of oxazole rings is 1. The zero-order valence-corrected chi connectivity index (χ0v) is 14.5. The number of hydrogen-bond donors (Lipinski definition) is 0. The molecule has 2 heterocycles. The lowest BCUT2D eigenvalue weighted by atomic mass is 10.2. The van der Waals surface area contributed by atoms with Crippen molar-refractivity contribution in [3.63, 3.8) is 0 Å². The van der Waals surface area contributed by atoms with Gasteiger partial charge >= 0.3 is 0 Å². The number of piperazine rings is 1. The van der Waals surface area contributed by atoms with Crippen LogP contribution in [0.5, 0.6) is 0 Å². The Hall–Kier alpha value is -3.14. The highest BCUT2D eigenvalue weighted by Gasteiger charge is 2.25. The largest absolute Gasteiger partial charge is 0.420 e. The monoisotopic (exact) mass is 354 g/mol. The van der Waals surface area contributed by atoms with Gasteiger partial charge in [0.1, 0.15) is 11.9 Å². The molecule has 1 aromatic heterocycles. The van der Waals surface area contributed by atoms with Crippen LogP contribution < -0.4 is 4.90 Å². The topological polar surface area (TPSA) is 73.4 Å². The van der Waals surface area contributed by atoms with E-state index >= 15 is 0 Å².